The number of likely N-dealkylation sites (tertiary alicyclic amines) is 1. The maximum atomic E-state index is 12.9. The van der Waals surface area contributed by atoms with E-state index in [0.29, 0.717) is 43.0 Å². The van der Waals surface area contributed by atoms with Crippen LogP contribution in [0.15, 0.2) is 24.4 Å². The highest BCUT2D eigenvalue weighted by molar-refractivity contribution is 7.92. The minimum atomic E-state index is -3.51. The van der Waals surface area contributed by atoms with Crippen molar-refractivity contribution in [3.63, 3.8) is 0 Å². The molecule has 0 saturated carbocycles. The van der Waals surface area contributed by atoms with Gasteiger partial charge in [0.15, 0.2) is 9.84 Å². The number of carbonyl (C=O) groups is 2. The van der Waals surface area contributed by atoms with Gasteiger partial charge in [-0.3, -0.25) is 14.0 Å². The minimum absolute atomic E-state index is 0.150. The van der Waals surface area contributed by atoms with E-state index >= 15 is 0 Å². The van der Waals surface area contributed by atoms with Gasteiger partial charge in [-0.25, -0.2) is 13.4 Å². The molecule has 26 heavy (non-hydrogen) atoms. The Balaban J connectivity index is 1.73. The van der Waals surface area contributed by atoms with Gasteiger partial charge in [-0.05, 0) is 31.9 Å². The van der Waals surface area contributed by atoms with Gasteiger partial charge in [0, 0.05) is 26.3 Å². The minimum Gasteiger partial charge on any atom is -0.358 e. The Kier molecular flexibility index (Phi) is 4.99. The van der Waals surface area contributed by atoms with Crippen molar-refractivity contribution >= 4 is 27.3 Å². The van der Waals surface area contributed by atoms with Crippen LogP contribution in [0.2, 0.25) is 0 Å². The van der Waals surface area contributed by atoms with Crippen molar-refractivity contribution in [1.29, 1.82) is 0 Å². The summed E-state index contributed by atoms with van der Waals surface area (Å²) in [6.45, 7) is 2.48. The molecule has 1 aliphatic heterocycles. The van der Waals surface area contributed by atoms with Gasteiger partial charge in [0.1, 0.15) is 17.1 Å². The summed E-state index contributed by atoms with van der Waals surface area (Å²) in [6, 6.07) is 5.53. The maximum absolute atomic E-state index is 12.9. The fourth-order valence-corrected chi connectivity index (χ4v) is 4.99. The van der Waals surface area contributed by atoms with E-state index in [1.165, 1.54) is 7.05 Å². The number of hydrogen-bond acceptors (Lipinski definition) is 5. The number of aromatic nitrogens is 2. The molecule has 1 N–H and O–H groups in total. The van der Waals surface area contributed by atoms with E-state index in [9.17, 15) is 18.0 Å². The largest absolute Gasteiger partial charge is 0.358 e. The van der Waals surface area contributed by atoms with E-state index in [1.807, 2.05) is 18.2 Å². The third-order valence-corrected chi connectivity index (χ3v) is 6.91. The number of sulfone groups is 1. The second-order valence-electron chi connectivity index (χ2n) is 6.45. The highest BCUT2D eigenvalue weighted by atomic mass is 32.2. The number of hydrogen-bond donors (Lipinski definition) is 1. The zero-order chi connectivity index (χ0) is 18.9. The fourth-order valence-electron chi connectivity index (χ4n) is 3.31. The topological polar surface area (TPSA) is 101 Å². The Morgan fingerprint density at radius 3 is 2.62 bits per heavy atom. The zero-order valence-electron chi connectivity index (χ0n) is 14.8. The van der Waals surface area contributed by atoms with Gasteiger partial charge in [-0.15, -0.1) is 0 Å². The summed E-state index contributed by atoms with van der Waals surface area (Å²) in [4.78, 5) is 30.4. The summed E-state index contributed by atoms with van der Waals surface area (Å²) in [5.74, 6) is -1.16. The van der Waals surface area contributed by atoms with Crippen molar-refractivity contribution in [2.45, 2.75) is 25.0 Å². The van der Waals surface area contributed by atoms with Crippen LogP contribution in [0, 0.1) is 6.92 Å². The Morgan fingerprint density at radius 2 is 1.96 bits per heavy atom. The van der Waals surface area contributed by atoms with Gasteiger partial charge in [-0.1, -0.05) is 6.07 Å². The number of piperidine rings is 1. The molecule has 8 nitrogen and oxygen atoms in total. The van der Waals surface area contributed by atoms with Gasteiger partial charge in [0.05, 0.1) is 10.9 Å². The number of amides is 2. The van der Waals surface area contributed by atoms with Gasteiger partial charge >= 0.3 is 0 Å². The fraction of sp³-hybridized carbons (Fsp3) is 0.471. The quantitative estimate of drug-likeness (QED) is 0.830. The maximum Gasteiger partial charge on any atom is 0.272 e. The first-order valence-electron chi connectivity index (χ1n) is 8.48. The predicted octanol–water partition coefficient (Wildman–Crippen LogP) is 0.408. The summed E-state index contributed by atoms with van der Waals surface area (Å²) < 4.78 is 26.4. The molecule has 2 amide bonds. The molecule has 0 bridgehead atoms. The SMILES string of the molecule is CNC(=O)CS(=O)(=O)C1CCN(C(=O)c2c(C)nc3ccccn23)CC1. The molecular weight excluding hydrogens is 356 g/mol. The summed E-state index contributed by atoms with van der Waals surface area (Å²) in [5, 5.41) is 1.75. The lowest BCUT2D eigenvalue weighted by Gasteiger charge is -2.31. The summed E-state index contributed by atoms with van der Waals surface area (Å²) >= 11 is 0. The van der Waals surface area contributed by atoms with E-state index in [1.54, 1.807) is 22.4 Å². The first kappa shape index (κ1) is 18.4. The molecule has 1 saturated heterocycles. The molecule has 140 valence electrons. The van der Waals surface area contributed by atoms with Crippen LogP contribution in [0.5, 0.6) is 0 Å². The smallest absolute Gasteiger partial charge is 0.272 e. The van der Waals surface area contributed by atoms with E-state index < -0.39 is 26.7 Å². The van der Waals surface area contributed by atoms with Gasteiger partial charge in [-0.2, -0.15) is 0 Å². The van der Waals surface area contributed by atoms with E-state index in [0.717, 1.165) is 0 Å². The number of carbonyl (C=O) groups excluding carboxylic acids is 2. The molecule has 0 radical (unpaired) electrons. The first-order valence-corrected chi connectivity index (χ1v) is 10.2. The third-order valence-electron chi connectivity index (χ3n) is 4.75. The van der Waals surface area contributed by atoms with Crippen LogP contribution in [0.4, 0.5) is 0 Å². The average molecular weight is 378 g/mol. The van der Waals surface area contributed by atoms with E-state index in [-0.39, 0.29) is 5.91 Å². The molecular formula is C17H22N4O4S. The van der Waals surface area contributed by atoms with Crippen LogP contribution in [0.25, 0.3) is 5.65 Å². The second kappa shape index (κ2) is 7.06. The molecule has 0 aliphatic carbocycles. The Labute approximate surface area is 152 Å². The van der Waals surface area contributed by atoms with Gasteiger partial charge in [0.25, 0.3) is 5.91 Å². The molecule has 0 unspecified atom stereocenters. The van der Waals surface area contributed by atoms with E-state index in [4.69, 9.17) is 0 Å². The van der Waals surface area contributed by atoms with Crippen molar-refractivity contribution in [3.8, 4) is 0 Å². The average Bonchev–Trinajstić information content (AvgIpc) is 2.96. The van der Waals surface area contributed by atoms with Crippen LogP contribution >= 0.6 is 0 Å². The highest BCUT2D eigenvalue weighted by Crippen LogP contribution is 2.22. The van der Waals surface area contributed by atoms with Crippen LogP contribution in [-0.2, 0) is 14.6 Å². The van der Waals surface area contributed by atoms with Crippen molar-refractivity contribution in [3.05, 3.63) is 35.8 Å². The predicted molar refractivity (Wildman–Crippen MR) is 96.7 cm³/mol. The lowest BCUT2D eigenvalue weighted by atomic mass is 10.1. The summed E-state index contributed by atoms with van der Waals surface area (Å²) in [5.41, 5.74) is 1.86. The van der Waals surface area contributed by atoms with Crippen LogP contribution < -0.4 is 5.32 Å². The molecule has 1 fully saturated rings. The highest BCUT2D eigenvalue weighted by Gasteiger charge is 2.34. The zero-order valence-corrected chi connectivity index (χ0v) is 15.6. The Hall–Kier alpha value is -2.42. The summed E-state index contributed by atoms with van der Waals surface area (Å²) in [7, 11) is -2.09. The number of imidazole rings is 1. The standard InChI is InChI=1S/C17H22N4O4S/c1-12-16(21-8-4-3-5-14(21)19-12)17(23)20-9-6-13(7-10-20)26(24,25)11-15(22)18-2/h3-5,8,13H,6-7,9-11H2,1-2H3,(H,18,22). The van der Waals surface area contributed by atoms with Crippen LogP contribution in [-0.4, -0.2) is 65.7 Å². The molecule has 3 heterocycles. The Morgan fingerprint density at radius 1 is 1.27 bits per heavy atom. The third kappa shape index (κ3) is 3.44. The first-order chi connectivity index (χ1) is 12.3. The van der Waals surface area contributed by atoms with E-state index in [2.05, 4.69) is 10.3 Å². The number of pyridine rings is 1. The number of nitrogens with zero attached hydrogens (tertiary/aromatic N) is 3. The van der Waals surface area contributed by atoms with Crippen molar-refractivity contribution in [1.82, 2.24) is 19.6 Å². The van der Waals surface area contributed by atoms with Crippen molar-refractivity contribution < 1.29 is 18.0 Å². The molecule has 0 atom stereocenters. The number of nitrogens with one attached hydrogen (secondary N) is 1. The molecule has 9 heteroatoms. The van der Waals surface area contributed by atoms with Crippen molar-refractivity contribution in [2.75, 3.05) is 25.9 Å². The number of rotatable bonds is 4. The van der Waals surface area contributed by atoms with Gasteiger partial charge < -0.3 is 10.2 Å². The summed E-state index contributed by atoms with van der Waals surface area (Å²) in [6.07, 6.45) is 2.46. The molecule has 0 spiro atoms. The van der Waals surface area contributed by atoms with Gasteiger partial charge in [0.2, 0.25) is 5.91 Å². The molecule has 3 rings (SSSR count). The second-order valence-corrected chi connectivity index (χ2v) is 8.73. The molecule has 0 aromatic carbocycles. The number of fused-ring (bicyclic) bond motifs is 1. The number of aryl methyl sites for hydroxylation is 1. The molecule has 2 aromatic rings. The lowest BCUT2D eigenvalue weighted by molar-refractivity contribution is -0.118. The Bertz CT molecular complexity index is 943. The van der Waals surface area contributed by atoms with Crippen LogP contribution in [0.3, 0.4) is 0 Å². The molecule has 2 aromatic heterocycles. The van der Waals surface area contributed by atoms with Crippen LogP contribution in [0.1, 0.15) is 29.0 Å². The lowest BCUT2D eigenvalue weighted by Crippen LogP contribution is -2.44. The normalized spacial score (nSPS) is 16.0. The molecule has 1 aliphatic rings. The van der Waals surface area contributed by atoms with Crippen molar-refractivity contribution in [2.24, 2.45) is 0 Å². The monoisotopic (exact) mass is 378 g/mol.